The number of quaternary nitrogens is 1. The second-order valence-corrected chi connectivity index (χ2v) is 6.69. The Hall–Kier alpha value is -2.38. The maximum absolute atomic E-state index is 12.7. The topological polar surface area (TPSA) is 67.9 Å². The summed E-state index contributed by atoms with van der Waals surface area (Å²) in [6.07, 6.45) is 4.71. The first-order valence-corrected chi connectivity index (χ1v) is 8.95. The number of carbonyl (C=O) groups excluding carboxylic acids is 2. The van der Waals surface area contributed by atoms with Crippen LogP contribution in [0.5, 0.6) is 5.75 Å². The fourth-order valence-electron chi connectivity index (χ4n) is 3.53. The normalized spacial score (nSPS) is 22.9. The Kier molecular flexibility index (Phi) is 5.29. The van der Waals surface area contributed by atoms with Crippen LogP contribution >= 0.6 is 0 Å². The summed E-state index contributed by atoms with van der Waals surface area (Å²) in [5, 5.41) is 0. The zero-order valence-corrected chi connectivity index (χ0v) is 15.5. The average Bonchev–Trinajstić information content (AvgIpc) is 2.65. The fraction of sp³-hybridized carbons (Fsp3) is 0.474. The Balaban J connectivity index is 1.73. The first kappa shape index (κ1) is 18.4. The molecule has 1 unspecified atom stereocenters. The highest BCUT2D eigenvalue weighted by Crippen LogP contribution is 2.33. The summed E-state index contributed by atoms with van der Waals surface area (Å²) in [5.41, 5.74) is 5.34. The molecule has 1 fully saturated rings. The van der Waals surface area contributed by atoms with Crippen molar-refractivity contribution in [2.24, 2.45) is 0 Å². The Morgan fingerprint density at radius 1 is 1.31 bits per heavy atom. The van der Waals surface area contributed by atoms with Gasteiger partial charge in [-0.05, 0) is 38.0 Å². The van der Waals surface area contributed by atoms with E-state index in [0.29, 0.717) is 19.7 Å². The summed E-state index contributed by atoms with van der Waals surface area (Å²) >= 11 is 0. The van der Waals surface area contributed by atoms with Crippen LogP contribution in [0.1, 0.15) is 25.3 Å². The molecule has 1 N–H and O–H groups in total. The molecule has 7 nitrogen and oxygen atoms in total. The molecule has 0 aliphatic carbocycles. The Bertz CT molecular complexity index is 725. The number of likely N-dealkylation sites (tertiary alicyclic amines) is 1. The number of likely N-dealkylation sites (N-methyl/N-ethyl adjacent to an activating group) is 1. The average molecular weight is 360 g/mol. The van der Waals surface area contributed by atoms with Crippen LogP contribution in [0.2, 0.25) is 0 Å². The van der Waals surface area contributed by atoms with Gasteiger partial charge in [0.25, 0.3) is 0 Å². The van der Waals surface area contributed by atoms with E-state index in [9.17, 15) is 9.59 Å². The van der Waals surface area contributed by atoms with E-state index in [1.165, 1.54) is 0 Å². The number of hydrogen-bond acceptors (Lipinski definition) is 5. The highest BCUT2D eigenvalue weighted by molar-refractivity contribution is 6.04. The van der Waals surface area contributed by atoms with Crippen molar-refractivity contribution >= 4 is 23.8 Å². The third-order valence-corrected chi connectivity index (χ3v) is 5.02. The van der Waals surface area contributed by atoms with Crippen molar-refractivity contribution in [1.29, 1.82) is 0 Å². The van der Waals surface area contributed by atoms with Crippen LogP contribution in [0.4, 0.5) is 10.5 Å². The second kappa shape index (κ2) is 7.47. The van der Waals surface area contributed by atoms with E-state index in [1.807, 2.05) is 31.3 Å². The lowest BCUT2D eigenvalue weighted by Crippen LogP contribution is -2.65. The minimum absolute atomic E-state index is 0.0138. The minimum Gasteiger partial charge on any atom is -0.497 e. The zero-order valence-electron chi connectivity index (χ0n) is 15.5. The molecule has 0 bridgehead atoms. The summed E-state index contributed by atoms with van der Waals surface area (Å²) in [5.74, 6) is 0.743. The quantitative estimate of drug-likeness (QED) is 0.835. The van der Waals surface area contributed by atoms with Crippen molar-refractivity contribution < 1.29 is 19.1 Å². The van der Waals surface area contributed by atoms with E-state index in [0.717, 1.165) is 29.8 Å². The third kappa shape index (κ3) is 3.45. The number of methoxy groups -OCH3 is 1. The molecule has 1 aromatic rings. The van der Waals surface area contributed by atoms with Gasteiger partial charge in [0, 0.05) is 30.8 Å². The molecule has 0 saturated carbocycles. The summed E-state index contributed by atoms with van der Waals surface area (Å²) in [6, 6.07) is 5.86. The van der Waals surface area contributed by atoms with Gasteiger partial charge in [0.2, 0.25) is 0 Å². The van der Waals surface area contributed by atoms with Crippen molar-refractivity contribution in [3.8, 4) is 5.75 Å². The molecule has 7 heteroatoms. The number of nitrogens with zero attached hydrogens (tertiary/aromatic N) is 2. The van der Waals surface area contributed by atoms with Crippen molar-refractivity contribution in [1.82, 2.24) is 14.9 Å². The number of rotatable bonds is 4. The van der Waals surface area contributed by atoms with Crippen LogP contribution in [-0.4, -0.2) is 56.8 Å². The van der Waals surface area contributed by atoms with E-state index in [1.54, 1.807) is 25.0 Å². The molecule has 2 amide bonds. The van der Waals surface area contributed by atoms with Crippen LogP contribution in [-0.2, 0) is 9.53 Å². The standard InChI is InChI=1S/C19H26N3O4/c1-4-26-19(24)21-11-9-15(10-12-21)20-22(2)17-7-6-16(25-3)13-14(17)5-8-18(22)23/h5-8,13,15,20H,4,9-12H2,1-3H3/q+1. The molecule has 140 valence electrons. The molecule has 2 heterocycles. The van der Waals surface area contributed by atoms with Gasteiger partial charge in [-0.1, -0.05) is 0 Å². The van der Waals surface area contributed by atoms with Gasteiger partial charge in [-0.2, -0.15) is 10.0 Å². The molecule has 2 aliphatic heterocycles. The summed E-state index contributed by atoms with van der Waals surface area (Å²) in [7, 11) is 3.50. The molecular formula is C19H26N3O4+. The molecule has 1 aromatic carbocycles. The van der Waals surface area contributed by atoms with Crippen molar-refractivity contribution in [2.45, 2.75) is 25.8 Å². The monoisotopic (exact) mass is 360 g/mol. The van der Waals surface area contributed by atoms with Gasteiger partial charge in [-0.25, -0.2) is 9.59 Å². The highest BCUT2D eigenvalue weighted by Gasteiger charge is 2.41. The minimum atomic E-state index is -0.263. The van der Waals surface area contributed by atoms with Crippen LogP contribution < -0.4 is 14.8 Å². The molecule has 2 aliphatic rings. The SMILES string of the molecule is CCOC(=O)N1CCC(N[N+]2(C)C(=O)C=Cc3cc(OC)ccc32)CC1. The predicted molar refractivity (Wildman–Crippen MR) is 99.5 cm³/mol. The number of ether oxygens (including phenoxy) is 2. The van der Waals surface area contributed by atoms with Crippen molar-refractivity contribution in [3.63, 3.8) is 0 Å². The van der Waals surface area contributed by atoms with Gasteiger partial charge >= 0.3 is 12.0 Å². The van der Waals surface area contributed by atoms with Crippen molar-refractivity contribution in [2.75, 3.05) is 33.9 Å². The van der Waals surface area contributed by atoms with Crippen LogP contribution in [0.25, 0.3) is 6.08 Å². The predicted octanol–water partition coefficient (Wildman–Crippen LogP) is 2.31. The number of nitrogens with one attached hydrogen (secondary N) is 1. The first-order chi connectivity index (χ1) is 12.5. The van der Waals surface area contributed by atoms with E-state index in [4.69, 9.17) is 9.47 Å². The molecule has 0 aromatic heterocycles. The van der Waals surface area contributed by atoms with Gasteiger partial charge < -0.3 is 14.4 Å². The molecule has 1 saturated heterocycles. The van der Waals surface area contributed by atoms with Crippen LogP contribution in [0, 0.1) is 0 Å². The van der Waals surface area contributed by atoms with Gasteiger partial charge in [0.05, 0.1) is 26.8 Å². The molecular weight excluding hydrogens is 334 g/mol. The van der Waals surface area contributed by atoms with Crippen LogP contribution in [0.15, 0.2) is 24.3 Å². The second-order valence-electron chi connectivity index (χ2n) is 6.69. The maximum Gasteiger partial charge on any atom is 0.409 e. The Labute approximate surface area is 153 Å². The largest absolute Gasteiger partial charge is 0.497 e. The third-order valence-electron chi connectivity index (χ3n) is 5.02. The highest BCUT2D eigenvalue weighted by atomic mass is 16.6. The zero-order chi connectivity index (χ0) is 18.7. The molecule has 1 atom stereocenters. The molecule has 3 rings (SSSR count). The van der Waals surface area contributed by atoms with Gasteiger partial charge in [-0.15, -0.1) is 0 Å². The summed E-state index contributed by atoms with van der Waals surface area (Å²) < 4.78 is 10.4. The van der Waals surface area contributed by atoms with Gasteiger partial charge in [0.1, 0.15) is 5.75 Å². The maximum atomic E-state index is 12.7. The lowest BCUT2D eigenvalue weighted by atomic mass is 10.0. The molecule has 26 heavy (non-hydrogen) atoms. The molecule has 0 spiro atoms. The Morgan fingerprint density at radius 3 is 2.69 bits per heavy atom. The fourth-order valence-corrected chi connectivity index (χ4v) is 3.53. The van der Waals surface area contributed by atoms with E-state index < -0.39 is 0 Å². The van der Waals surface area contributed by atoms with Gasteiger partial charge in [-0.3, -0.25) is 0 Å². The number of fused-ring (bicyclic) bond motifs is 1. The smallest absolute Gasteiger partial charge is 0.409 e. The summed E-state index contributed by atoms with van der Waals surface area (Å²) in [6.45, 7) is 3.43. The Morgan fingerprint density at radius 2 is 2.04 bits per heavy atom. The number of benzene rings is 1. The number of piperidine rings is 1. The number of hydrogen-bond donors (Lipinski definition) is 1. The van der Waals surface area contributed by atoms with Crippen LogP contribution in [0.3, 0.4) is 0 Å². The van der Waals surface area contributed by atoms with E-state index in [2.05, 4.69) is 5.43 Å². The van der Waals surface area contributed by atoms with E-state index >= 15 is 0 Å². The van der Waals surface area contributed by atoms with Crippen molar-refractivity contribution in [3.05, 3.63) is 29.8 Å². The van der Waals surface area contributed by atoms with Gasteiger partial charge in [0.15, 0.2) is 5.69 Å². The lowest BCUT2D eigenvalue weighted by molar-refractivity contribution is -0.127. The first-order valence-electron chi connectivity index (χ1n) is 8.95. The number of carbonyl (C=O) groups is 2. The summed E-state index contributed by atoms with van der Waals surface area (Å²) in [4.78, 5) is 26.2. The lowest BCUT2D eigenvalue weighted by Gasteiger charge is -2.39. The molecule has 0 radical (unpaired) electrons. The number of amides is 2. The van der Waals surface area contributed by atoms with E-state index in [-0.39, 0.29) is 22.6 Å².